The van der Waals surface area contributed by atoms with Gasteiger partial charge in [0.15, 0.2) is 0 Å². The smallest absolute Gasteiger partial charge is 0.390 e. The maximum atomic E-state index is 11.7. The molecule has 1 aromatic heterocycles. The van der Waals surface area contributed by atoms with Gasteiger partial charge in [0.25, 0.3) is 0 Å². The first kappa shape index (κ1) is 13.4. The van der Waals surface area contributed by atoms with Gasteiger partial charge >= 0.3 is 5.76 Å². The lowest BCUT2D eigenvalue weighted by atomic mass is 10.4. The third-order valence-electron chi connectivity index (χ3n) is 2.32. The van der Waals surface area contributed by atoms with Gasteiger partial charge in [-0.25, -0.2) is 4.79 Å². The minimum Gasteiger partial charge on any atom is -0.390 e. The lowest BCUT2D eigenvalue weighted by Gasteiger charge is -2.17. The molecule has 1 rings (SSSR count). The molecule has 0 atom stereocenters. The van der Waals surface area contributed by atoms with Crippen molar-refractivity contribution in [3.05, 3.63) is 16.4 Å². The monoisotopic (exact) mass is 243 g/mol. The lowest BCUT2D eigenvalue weighted by molar-refractivity contribution is -0.131. The van der Waals surface area contributed by atoms with Crippen LogP contribution in [0.1, 0.15) is 19.7 Å². The molecule has 0 saturated carbocycles. The predicted octanol–water partition coefficient (Wildman–Crippen LogP) is -0.149. The second-order valence-electron chi connectivity index (χ2n) is 3.42. The number of hydrogen-bond donors (Lipinski definition) is 0. The molecule has 7 heteroatoms. The second-order valence-corrected chi connectivity index (χ2v) is 3.42. The van der Waals surface area contributed by atoms with Crippen molar-refractivity contribution >= 4 is 5.91 Å². The molecule has 0 radical (unpaired) electrons. The van der Waals surface area contributed by atoms with Crippen molar-refractivity contribution in [2.24, 2.45) is 0 Å². The van der Waals surface area contributed by atoms with Crippen molar-refractivity contribution in [1.29, 1.82) is 0 Å². The van der Waals surface area contributed by atoms with Crippen LogP contribution in [0.25, 0.3) is 0 Å². The Morgan fingerprint density at radius 3 is 2.65 bits per heavy atom. The summed E-state index contributed by atoms with van der Waals surface area (Å²) in [7, 11) is 1.47. The number of hydrogen-bond acceptors (Lipinski definition) is 5. The summed E-state index contributed by atoms with van der Waals surface area (Å²) in [6.45, 7) is 4.97. The fourth-order valence-electron chi connectivity index (χ4n) is 1.44. The van der Waals surface area contributed by atoms with Gasteiger partial charge in [-0.2, -0.15) is 4.68 Å². The van der Waals surface area contributed by atoms with Crippen LogP contribution in [0.15, 0.2) is 9.21 Å². The highest BCUT2D eigenvalue weighted by atomic mass is 16.5. The van der Waals surface area contributed by atoms with E-state index < -0.39 is 5.76 Å². The number of carbonyl (C=O) groups excluding carboxylic acids is 1. The molecule has 0 N–H and O–H groups in total. The van der Waals surface area contributed by atoms with E-state index in [1.54, 1.807) is 4.90 Å². The average molecular weight is 243 g/mol. The molecule has 0 aliphatic carbocycles. The highest BCUT2D eigenvalue weighted by Crippen LogP contribution is 1.95. The lowest BCUT2D eigenvalue weighted by Crippen LogP contribution is -2.35. The van der Waals surface area contributed by atoms with E-state index in [9.17, 15) is 9.59 Å². The first-order chi connectivity index (χ1) is 8.12. The number of likely N-dealkylation sites (N-methyl/N-ethyl adjacent to an activating group) is 1. The molecular weight excluding hydrogens is 226 g/mol. The molecule has 1 heterocycles. The Morgan fingerprint density at radius 1 is 1.47 bits per heavy atom. The molecule has 1 amide bonds. The first-order valence-electron chi connectivity index (χ1n) is 5.45. The Labute approximate surface area is 99.0 Å². The number of amides is 1. The summed E-state index contributed by atoms with van der Waals surface area (Å²) < 4.78 is 10.6. The van der Waals surface area contributed by atoms with E-state index >= 15 is 0 Å². The SMILES string of the molecule is CCN(CC)C(=O)Cn1nc(COC)oc1=O. The molecule has 1 aromatic rings. The summed E-state index contributed by atoms with van der Waals surface area (Å²) in [5, 5.41) is 3.86. The fourth-order valence-corrected chi connectivity index (χ4v) is 1.44. The van der Waals surface area contributed by atoms with Gasteiger partial charge in [0.2, 0.25) is 11.8 Å². The maximum Gasteiger partial charge on any atom is 0.437 e. The van der Waals surface area contributed by atoms with Gasteiger partial charge in [-0.1, -0.05) is 0 Å². The number of carbonyl (C=O) groups is 1. The summed E-state index contributed by atoms with van der Waals surface area (Å²) in [5.74, 6) is -0.628. The van der Waals surface area contributed by atoms with Crippen molar-refractivity contribution in [2.75, 3.05) is 20.2 Å². The molecule has 7 nitrogen and oxygen atoms in total. The van der Waals surface area contributed by atoms with Crippen LogP contribution >= 0.6 is 0 Å². The molecule has 0 spiro atoms. The highest BCUT2D eigenvalue weighted by molar-refractivity contribution is 5.75. The van der Waals surface area contributed by atoms with E-state index in [1.165, 1.54) is 7.11 Å². The van der Waals surface area contributed by atoms with Gasteiger partial charge in [0.05, 0.1) is 0 Å². The molecule has 0 unspecified atom stereocenters. The normalized spacial score (nSPS) is 10.5. The number of ether oxygens (including phenoxy) is 1. The van der Waals surface area contributed by atoms with Crippen LogP contribution in [0, 0.1) is 0 Å². The molecule has 0 saturated heterocycles. The molecule has 96 valence electrons. The largest absolute Gasteiger partial charge is 0.437 e. The van der Waals surface area contributed by atoms with E-state index in [-0.39, 0.29) is 24.9 Å². The average Bonchev–Trinajstić information content (AvgIpc) is 2.61. The Hall–Kier alpha value is -1.63. The van der Waals surface area contributed by atoms with Crippen LogP contribution in [-0.2, 0) is 22.7 Å². The zero-order chi connectivity index (χ0) is 12.8. The summed E-state index contributed by atoms with van der Waals surface area (Å²) in [5.41, 5.74) is 0. The topological polar surface area (TPSA) is 77.6 Å². The summed E-state index contributed by atoms with van der Waals surface area (Å²) in [6.07, 6.45) is 0. The maximum absolute atomic E-state index is 11.7. The molecule has 0 aliphatic heterocycles. The summed E-state index contributed by atoms with van der Waals surface area (Å²) >= 11 is 0. The van der Waals surface area contributed by atoms with E-state index in [1.807, 2.05) is 13.8 Å². The Balaban J connectivity index is 2.74. The van der Waals surface area contributed by atoms with Crippen molar-refractivity contribution < 1.29 is 13.9 Å². The van der Waals surface area contributed by atoms with Crippen LogP contribution in [-0.4, -0.2) is 40.8 Å². The van der Waals surface area contributed by atoms with Crippen molar-refractivity contribution in [3.63, 3.8) is 0 Å². The number of aromatic nitrogens is 2. The molecule has 0 aliphatic rings. The molecule has 17 heavy (non-hydrogen) atoms. The molecule has 0 bridgehead atoms. The van der Waals surface area contributed by atoms with E-state index in [0.717, 1.165) is 4.68 Å². The van der Waals surface area contributed by atoms with E-state index in [2.05, 4.69) is 5.10 Å². The van der Waals surface area contributed by atoms with Crippen LogP contribution in [0.4, 0.5) is 0 Å². The standard InChI is InChI=1S/C10H17N3O4/c1-4-12(5-2)9(14)6-13-10(15)17-8(11-13)7-16-3/h4-7H2,1-3H3. The molecular formula is C10H17N3O4. The highest BCUT2D eigenvalue weighted by Gasteiger charge is 2.14. The van der Waals surface area contributed by atoms with Gasteiger partial charge in [0, 0.05) is 20.2 Å². The Bertz CT molecular complexity index is 419. The van der Waals surface area contributed by atoms with Gasteiger partial charge in [-0.15, -0.1) is 5.10 Å². The molecule has 0 fully saturated rings. The van der Waals surface area contributed by atoms with Gasteiger partial charge in [0.1, 0.15) is 13.2 Å². The fraction of sp³-hybridized carbons (Fsp3) is 0.700. The molecule has 0 aromatic carbocycles. The van der Waals surface area contributed by atoms with Crippen LogP contribution < -0.4 is 5.76 Å². The number of nitrogens with zero attached hydrogens (tertiary/aromatic N) is 3. The van der Waals surface area contributed by atoms with Gasteiger partial charge in [-0.3, -0.25) is 4.79 Å². The number of methoxy groups -OCH3 is 1. The number of rotatable bonds is 6. The minimum absolute atomic E-state index is 0.103. The Morgan fingerprint density at radius 2 is 2.12 bits per heavy atom. The zero-order valence-corrected chi connectivity index (χ0v) is 10.3. The van der Waals surface area contributed by atoms with Crippen LogP contribution in [0.2, 0.25) is 0 Å². The van der Waals surface area contributed by atoms with Crippen molar-refractivity contribution in [2.45, 2.75) is 27.0 Å². The third kappa shape index (κ3) is 3.42. The quantitative estimate of drug-likeness (QED) is 0.694. The van der Waals surface area contributed by atoms with Crippen LogP contribution in [0.5, 0.6) is 0 Å². The van der Waals surface area contributed by atoms with Crippen molar-refractivity contribution in [1.82, 2.24) is 14.7 Å². The first-order valence-corrected chi connectivity index (χ1v) is 5.45. The van der Waals surface area contributed by atoms with Gasteiger partial charge in [-0.05, 0) is 13.8 Å². The summed E-state index contributed by atoms with van der Waals surface area (Å²) in [4.78, 5) is 24.7. The van der Waals surface area contributed by atoms with Crippen molar-refractivity contribution in [3.8, 4) is 0 Å². The van der Waals surface area contributed by atoms with Gasteiger partial charge < -0.3 is 14.1 Å². The Kier molecular flexibility index (Phi) is 4.89. The van der Waals surface area contributed by atoms with Crippen LogP contribution in [0.3, 0.4) is 0 Å². The summed E-state index contributed by atoms with van der Waals surface area (Å²) in [6, 6.07) is 0. The minimum atomic E-state index is -0.641. The zero-order valence-electron chi connectivity index (χ0n) is 10.3. The third-order valence-corrected chi connectivity index (χ3v) is 2.32. The van der Waals surface area contributed by atoms with E-state index in [4.69, 9.17) is 9.15 Å². The predicted molar refractivity (Wildman–Crippen MR) is 59.4 cm³/mol. The second kappa shape index (κ2) is 6.19. The van der Waals surface area contributed by atoms with E-state index in [0.29, 0.717) is 13.1 Å².